The number of hydrogen-bond acceptors (Lipinski definition) is 3. The second kappa shape index (κ2) is 8.36. The molecule has 1 heterocycles. The van der Waals surface area contributed by atoms with Crippen LogP contribution in [0.15, 0.2) is 67.1 Å². The molecule has 9 heteroatoms. The van der Waals surface area contributed by atoms with E-state index < -0.39 is 12.8 Å². The number of imidazole rings is 1. The summed E-state index contributed by atoms with van der Waals surface area (Å²) in [6.07, 6.45) is 6.06. The highest BCUT2D eigenvalue weighted by molar-refractivity contribution is 7.53. The summed E-state index contributed by atoms with van der Waals surface area (Å²) in [6, 6.07) is 12.2. The maximum absolute atomic E-state index is 13.1. The molecule has 2 aromatic carbocycles. The monoisotopic (exact) mass is 429 g/mol. The average molecular weight is 429 g/mol. The molecule has 7 nitrogen and oxygen atoms in total. The summed E-state index contributed by atoms with van der Waals surface area (Å²) in [6.45, 7) is 2.93. The third-order valence-corrected chi connectivity index (χ3v) is 6.48. The van der Waals surface area contributed by atoms with Crippen LogP contribution in [0.1, 0.15) is 25.1 Å². The highest BCUT2D eigenvalue weighted by Gasteiger charge is 2.39. The lowest BCUT2D eigenvalue weighted by Crippen LogP contribution is -2.17. The molecule has 0 aliphatic rings. The number of nitrogens with zero attached hydrogens (tertiary/aromatic N) is 2. The summed E-state index contributed by atoms with van der Waals surface area (Å²) in [5.41, 5.74) is 2.29. The first-order valence-electron chi connectivity index (χ1n) is 9.01. The Morgan fingerprint density at radius 2 is 1.77 bits per heavy atom. The Hall–Kier alpha value is -3.06. The summed E-state index contributed by atoms with van der Waals surface area (Å²) in [7, 11) is -4.33. The Labute approximate surface area is 173 Å². The van der Waals surface area contributed by atoms with Gasteiger partial charge in [0.25, 0.3) is 0 Å². The van der Waals surface area contributed by atoms with Gasteiger partial charge in [0.2, 0.25) is 5.91 Å². The first kappa shape index (κ1) is 21.6. The highest BCUT2D eigenvalue weighted by Crippen LogP contribution is 2.56. The Kier molecular flexibility index (Phi) is 6.03. The van der Waals surface area contributed by atoms with Gasteiger partial charge in [-0.05, 0) is 61.9 Å². The molecule has 0 atom stereocenters. The number of anilines is 1. The molecule has 3 rings (SSSR count). The molecule has 3 aromatic rings. The van der Waals surface area contributed by atoms with Gasteiger partial charge in [-0.1, -0.05) is 12.1 Å². The van der Waals surface area contributed by atoms with Crippen LogP contribution in [-0.4, -0.2) is 25.2 Å². The molecule has 0 fully saturated rings. The molecule has 0 saturated heterocycles. The van der Waals surface area contributed by atoms with Gasteiger partial charge in [0.15, 0.2) is 0 Å². The van der Waals surface area contributed by atoms with Crippen molar-refractivity contribution in [1.82, 2.24) is 9.55 Å². The van der Waals surface area contributed by atoms with Gasteiger partial charge >= 0.3 is 7.60 Å². The third kappa shape index (κ3) is 4.74. The molecule has 0 radical (unpaired) electrons. The largest absolute Gasteiger partial charge is 0.335 e. The number of nitrogens with one attached hydrogen (secondary N) is 1. The molecule has 30 heavy (non-hydrogen) atoms. The minimum Gasteiger partial charge on any atom is -0.324 e. The minimum atomic E-state index is -4.33. The molecular weight excluding hydrogens is 408 g/mol. The first-order valence-corrected chi connectivity index (χ1v) is 10.6. The molecule has 0 aliphatic heterocycles. The fraction of sp³-hybridized carbons (Fsp3) is 0.143. The topological polar surface area (TPSA) is 104 Å². The molecule has 0 unspecified atom stereocenters. The normalized spacial score (nSPS) is 12.3. The van der Waals surface area contributed by atoms with E-state index in [0.717, 1.165) is 0 Å². The van der Waals surface area contributed by atoms with Gasteiger partial charge in [0, 0.05) is 17.5 Å². The van der Waals surface area contributed by atoms with E-state index in [1.165, 1.54) is 32.1 Å². The SMILES string of the molecule is CC(C)(c1ccc(NC(=O)/C=C/c2cncn2-c2ccc(F)cc2)cc1)P(=O)(O)O. The predicted molar refractivity (Wildman–Crippen MR) is 113 cm³/mol. The number of amides is 1. The number of rotatable bonds is 6. The number of carbonyl (C=O) groups is 1. The smallest absolute Gasteiger partial charge is 0.324 e. The second-order valence-corrected chi connectivity index (χ2v) is 9.37. The summed E-state index contributed by atoms with van der Waals surface area (Å²) in [5, 5.41) is 1.36. The molecule has 3 N–H and O–H groups in total. The van der Waals surface area contributed by atoms with E-state index in [4.69, 9.17) is 0 Å². The summed E-state index contributed by atoms with van der Waals surface area (Å²) < 4.78 is 26.5. The van der Waals surface area contributed by atoms with Gasteiger partial charge in [-0.3, -0.25) is 13.9 Å². The zero-order valence-electron chi connectivity index (χ0n) is 16.4. The Morgan fingerprint density at radius 3 is 2.37 bits per heavy atom. The number of aromatic nitrogens is 2. The number of hydrogen-bond donors (Lipinski definition) is 3. The Morgan fingerprint density at radius 1 is 1.13 bits per heavy atom. The van der Waals surface area contributed by atoms with Gasteiger partial charge in [-0.25, -0.2) is 9.37 Å². The van der Waals surface area contributed by atoms with Gasteiger partial charge in [-0.15, -0.1) is 0 Å². The van der Waals surface area contributed by atoms with Gasteiger partial charge in [0.05, 0.1) is 23.4 Å². The van der Waals surface area contributed by atoms with E-state index in [0.29, 0.717) is 22.6 Å². The average Bonchev–Trinajstić information content (AvgIpc) is 3.15. The molecular formula is C21H21FN3O4P. The van der Waals surface area contributed by atoms with Crippen molar-refractivity contribution in [2.24, 2.45) is 0 Å². The van der Waals surface area contributed by atoms with Crippen LogP contribution in [0, 0.1) is 5.82 Å². The van der Waals surface area contributed by atoms with E-state index in [-0.39, 0.29) is 11.7 Å². The van der Waals surface area contributed by atoms with Crippen LogP contribution in [0.4, 0.5) is 10.1 Å². The van der Waals surface area contributed by atoms with Crippen LogP contribution < -0.4 is 5.32 Å². The molecule has 1 amide bonds. The molecule has 0 aliphatic carbocycles. The lowest BCUT2D eigenvalue weighted by molar-refractivity contribution is -0.111. The van der Waals surface area contributed by atoms with Crippen LogP contribution in [0.2, 0.25) is 0 Å². The second-order valence-electron chi connectivity index (χ2n) is 7.17. The lowest BCUT2D eigenvalue weighted by atomic mass is 10.0. The van der Waals surface area contributed by atoms with Crippen molar-refractivity contribution in [3.8, 4) is 5.69 Å². The molecule has 0 bridgehead atoms. The standard InChI is InChI=1S/C21H21FN3O4P/c1-21(2,30(27,28)29)15-3-7-17(8-4-15)24-20(26)12-11-19-13-23-14-25(19)18-9-5-16(22)6-10-18/h3-14H,1-2H3,(H,24,26)(H2,27,28,29)/b12-11+. The van der Waals surface area contributed by atoms with Crippen LogP contribution in [-0.2, 0) is 14.5 Å². The molecule has 156 valence electrons. The zero-order chi connectivity index (χ0) is 21.9. The fourth-order valence-electron chi connectivity index (χ4n) is 2.72. The zero-order valence-corrected chi connectivity index (χ0v) is 17.3. The van der Waals surface area contributed by atoms with Gasteiger partial charge in [0.1, 0.15) is 5.82 Å². The lowest BCUT2D eigenvalue weighted by Gasteiger charge is -2.26. The van der Waals surface area contributed by atoms with Crippen molar-refractivity contribution in [1.29, 1.82) is 0 Å². The Balaban J connectivity index is 1.70. The van der Waals surface area contributed by atoms with Gasteiger partial charge < -0.3 is 15.1 Å². The summed E-state index contributed by atoms with van der Waals surface area (Å²) >= 11 is 0. The summed E-state index contributed by atoms with van der Waals surface area (Å²) in [4.78, 5) is 35.3. The minimum absolute atomic E-state index is 0.342. The molecule has 0 spiro atoms. The first-order chi connectivity index (χ1) is 14.1. The molecule has 1 aromatic heterocycles. The Bertz CT molecular complexity index is 1120. The van der Waals surface area contributed by atoms with E-state index in [9.17, 15) is 23.5 Å². The quantitative estimate of drug-likeness (QED) is 0.405. The van der Waals surface area contributed by atoms with Crippen molar-refractivity contribution < 1.29 is 23.5 Å². The maximum Gasteiger partial charge on any atom is 0.335 e. The van der Waals surface area contributed by atoms with E-state index in [1.54, 1.807) is 59.6 Å². The third-order valence-electron chi connectivity index (χ3n) is 4.76. The van der Waals surface area contributed by atoms with E-state index in [1.807, 2.05) is 0 Å². The van der Waals surface area contributed by atoms with E-state index in [2.05, 4.69) is 10.3 Å². The summed E-state index contributed by atoms with van der Waals surface area (Å²) in [5.74, 6) is -0.727. The number of benzene rings is 2. The van der Waals surface area contributed by atoms with Crippen LogP contribution >= 0.6 is 7.60 Å². The van der Waals surface area contributed by atoms with Crippen molar-refractivity contribution in [2.45, 2.75) is 19.0 Å². The van der Waals surface area contributed by atoms with Crippen molar-refractivity contribution in [3.05, 3.63) is 84.2 Å². The van der Waals surface area contributed by atoms with E-state index >= 15 is 0 Å². The number of carbonyl (C=O) groups excluding carboxylic acids is 1. The van der Waals surface area contributed by atoms with Crippen molar-refractivity contribution >= 4 is 25.3 Å². The van der Waals surface area contributed by atoms with Gasteiger partial charge in [-0.2, -0.15) is 0 Å². The van der Waals surface area contributed by atoms with Crippen LogP contribution in [0.3, 0.4) is 0 Å². The highest BCUT2D eigenvalue weighted by atomic mass is 31.2. The predicted octanol–water partition coefficient (Wildman–Crippen LogP) is 4.08. The number of halogens is 1. The maximum atomic E-state index is 13.1. The van der Waals surface area contributed by atoms with Crippen LogP contribution in [0.25, 0.3) is 11.8 Å². The van der Waals surface area contributed by atoms with Crippen LogP contribution in [0.5, 0.6) is 0 Å². The van der Waals surface area contributed by atoms with Crippen molar-refractivity contribution in [2.75, 3.05) is 5.32 Å². The fourth-order valence-corrected chi connectivity index (χ4v) is 3.21. The molecule has 0 saturated carbocycles. The van der Waals surface area contributed by atoms with Crippen molar-refractivity contribution in [3.63, 3.8) is 0 Å².